The SMILES string of the molecule is O=C(COc1ccc(C(=O)Nc2ccccc2Cl)cc1)Nc1cc(C(F)(F)F)ccc1Cl. The van der Waals surface area contributed by atoms with Crippen LogP contribution in [-0.2, 0) is 11.0 Å². The van der Waals surface area contributed by atoms with Gasteiger partial charge in [-0.2, -0.15) is 13.2 Å². The van der Waals surface area contributed by atoms with E-state index in [0.29, 0.717) is 16.3 Å². The molecule has 3 rings (SSSR count). The second kappa shape index (κ2) is 9.93. The first-order valence-corrected chi connectivity index (χ1v) is 9.84. The molecule has 2 amide bonds. The molecule has 0 aliphatic carbocycles. The van der Waals surface area contributed by atoms with Gasteiger partial charge in [0, 0.05) is 5.56 Å². The van der Waals surface area contributed by atoms with E-state index in [2.05, 4.69) is 10.6 Å². The van der Waals surface area contributed by atoms with Crippen LogP contribution in [0.5, 0.6) is 5.75 Å². The van der Waals surface area contributed by atoms with Crippen LogP contribution in [0.15, 0.2) is 66.7 Å². The summed E-state index contributed by atoms with van der Waals surface area (Å²) in [5.74, 6) is -0.807. The van der Waals surface area contributed by atoms with Crippen molar-refractivity contribution in [3.63, 3.8) is 0 Å². The Hall–Kier alpha value is -3.23. The smallest absolute Gasteiger partial charge is 0.416 e. The third-order valence-corrected chi connectivity index (χ3v) is 4.84. The molecule has 0 saturated heterocycles. The molecule has 166 valence electrons. The number of ether oxygens (including phenoxy) is 1. The Bertz CT molecular complexity index is 1140. The zero-order valence-electron chi connectivity index (χ0n) is 16.2. The molecule has 0 bridgehead atoms. The first kappa shape index (κ1) is 23.4. The van der Waals surface area contributed by atoms with E-state index in [0.717, 1.165) is 18.2 Å². The molecule has 5 nitrogen and oxygen atoms in total. The van der Waals surface area contributed by atoms with E-state index in [-0.39, 0.29) is 22.4 Å². The number of carbonyl (C=O) groups is 2. The van der Waals surface area contributed by atoms with Crippen LogP contribution in [0.1, 0.15) is 15.9 Å². The molecule has 0 radical (unpaired) electrons. The number of rotatable bonds is 6. The first-order chi connectivity index (χ1) is 15.1. The molecular weight excluding hydrogens is 468 g/mol. The van der Waals surface area contributed by atoms with Gasteiger partial charge in [-0.3, -0.25) is 9.59 Å². The lowest BCUT2D eigenvalue weighted by Gasteiger charge is -2.12. The van der Waals surface area contributed by atoms with Gasteiger partial charge >= 0.3 is 6.18 Å². The van der Waals surface area contributed by atoms with Crippen LogP contribution in [0.2, 0.25) is 10.0 Å². The maximum Gasteiger partial charge on any atom is 0.416 e. The minimum Gasteiger partial charge on any atom is -0.484 e. The molecule has 10 heteroatoms. The summed E-state index contributed by atoms with van der Waals surface area (Å²) >= 11 is 11.9. The van der Waals surface area contributed by atoms with Crippen molar-refractivity contribution in [1.82, 2.24) is 0 Å². The quantitative estimate of drug-likeness (QED) is 0.434. The summed E-state index contributed by atoms with van der Waals surface area (Å²) in [5, 5.41) is 5.31. The Morgan fingerprint density at radius 1 is 0.844 bits per heavy atom. The minimum atomic E-state index is -4.57. The molecule has 3 aromatic carbocycles. The Labute approximate surface area is 191 Å². The van der Waals surface area contributed by atoms with Gasteiger partial charge in [-0.05, 0) is 54.6 Å². The minimum absolute atomic E-state index is 0.0414. The van der Waals surface area contributed by atoms with Crippen LogP contribution < -0.4 is 15.4 Å². The molecule has 0 spiro atoms. The zero-order valence-corrected chi connectivity index (χ0v) is 17.7. The zero-order chi connectivity index (χ0) is 23.3. The van der Waals surface area contributed by atoms with Crippen molar-refractivity contribution in [2.45, 2.75) is 6.18 Å². The Morgan fingerprint density at radius 3 is 2.16 bits per heavy atom. The number of alkyl halides is 3. The van der Waals surface area contributed by atoms with Crippen LogP contribution in [-0.4, -0.2) is 18.4 Å². The molecule has 3 aromatic rings. The normalized spacial score (nSPS) is 11.0. The van der Waals surface area contributed by atoms with Crippen LogP contribution in [0.3, 0.4) is 0 Å². The van der Waals surface area contributed by atoms with Crippen LogP contribution >= 0.6 is 23.2 Å². The van der Waals surface area contributed by atoms with E-state index >= 15 is 0 Å². The average Bonchev–Trinajstić information content (AvgIpc) is 2.75. The lowest BCUT2D eigenvalue weighted by atomic mass is 10.2. The number of hydrogen-bond donors (Lipinski definition) is 2. The molecule has 0 heterocycles. The number of halogens is 5. The maximum atomic E-state index is 12.8. The molecule has 32 heavy (non-hydrogen) atoms. The number of hydrogen-bond acceptors (Lipinski definition) is 3. The topological polar surface area (TPSA) is 67.4 Å². The van der Waals surface area contributed by atoms with Gasteiger partial charge in [0.2, 0.25) is 0 Å². The lowest BCUT2D eigenvalue weighted by molar-refractivity contribution is -0.137. The third kappa shape index (κ3) is 6.15. The molecule has 0 aliphatic rings. The van der Waals surface area contributed by atoms with Crippen LogP contribution in [0.4, 0.5) is 24.5 Å². The molecule has 0 unspecified atom stereocenters. The van der Waals surface area contributed by atoms with Gasteiger partial charge in [-0.15, -0.1) is 0 Å². The van der Waals surface area contributed by atoms with Crippen LogP contribution in [0.25, 0.3) is 0 Å². The van der Waals surface area contributed by atoms with E-state index in [1.165, 1.54) is 24.3 Å². The molecule has 0 aromatic heterocycles. The predicted molar refractivity (Wildman–Crippen MR) is 116 cm³/mol. The Kier molecular flexibility index (Phi) is 7.27. The average molecular weight is 483 g/mol. The van der Waals surface area contributed by atoms with E-state index in [4.69, 9.17) is 27.9 Å². The molecule has 0 saturated carbocycles. The van der Waals surface area contributed by atoms with E-state index in [9.17, 15) is 22.8 Å². The lowest BCUT2D eigenvalue weighted by Crippen LogP contribution is -2.21. The van der Waals surface area contributed by atoms with Crippen molar-refractivity contribution >= 4 is 46.4 Å². The van der Waals surface area contributed by atoms with Crippen molar-refractivity contribution in [3.05, 3.63) is 87.9 Å². The molecule has 0 aliphatic heterocycles. The Morgan fingerprint density at radius 2 is 1.50 bits per heavy atom. The summed E-state index contributed by atoms with van der Waals surface area (Å²) in [4.78, 5) is 24.4. The highest BCUT2D eigenvalue weighted by molar-refractivity contribution is 6.34. The van der Waals surface area contributed by atoms with Gasteiger partial charge in [-0.1, -0.05) is 35.3 Å². The van der Waals surface area contributed by atoms with Crippen molar-refractivity contribution in [2.24, 2.45) is 0 Å². The summed E-state index contributed by atoms with van der Waals surface area (Å²) in [6.07, 6.45) is -4.57. The number of carbonyl (C=O) groups excluding carboxylic acids is 2. The van der Waals surface area contributed by atoms with Crippen molar-refractivity contribution in [1.29, 1.82) is 0 Å². The van der Waals surface area contributed by atoms with Gasteiger partial charge in [0.25, 0.3) is 11.8 Å². The fraction of sp³-hybridized carbons (Fsp3) is 0.0909. The number of amides is 2. The summed E-state index contributed by atoms with van der Waals surface area (Å²) in [7, 11) is 0. The maximum absolute atomic E-state index is 12.8. The van der Waals surface area contributed by atoms with Gasteiger partial charge in [0.15, 0.2) is 6.61 Å². The van der Waals surface area contributed by atoms with E-state index in [1.807, 2.05) is 0 Å². The number of anilines is 2. The number of benzene rings is 3. The van der Waals surface area contributed by atoms with Gasteiger partial charge in [0.1, 0.15) is 5.75 Å². The molecule has 2 N–H and O–H groups in total. The van der Waals surface area contributed by atoms with Gasteiger partial charge < -0.3 is 15.4 Å². The second-order valence-electron chi connectivity index (χ2n) is 6.49. The van der Waals surface area contributed by atoms with Crippen molar-refractivity contribution in [3.8, 4) is 5.75 Å². The van der Waals surface area contributed by atoms with Crippen LogP contribution in [0, 0.1) is 0 Å². The number of nitrogens with one attached hydrogen (secondary N) is 2. The highest BCUT2D eigenvalue weighted by Crippen LogP contribution is 2.33. The Balaban J connectivity index is 1.57. The second-order valence-corrected chi connectivity index (χ2v) is 7.30. The summed E-state index contributed by atoms with van der Waals surface area (Å²) < 4.78 is 43.8. The largest absolute Gasteiger partial charge is 0.484 e. The third-order valence-electron chi connectivity index (χ3n) is 4.18. The van der Waals surface area contributed by atoms with Crippen molar-refractivity contribution < 1.29 is 27.5 Å². The van der Waals surface area contributed by atoms with E-state index < -0.39 is 24.3 Å². The highest BCUT2D eigenvalue weighted by atomic mass is 35.5. The number of para-hydroxylation sites is 1. The predicted octanol–water partition coefficient (Wildman–Crippen LogP) is 6.28. The van der Waals surface area contributed by atoms with E-state index in [1.54, 1.807) is 24.3 Å². The molecule has 0 atom stereocenters. The standard InChI is InChI=1S/C22H15Cl2F3N2O3/c23-16-3-1-2-4-18(16)29-21(31)13-5-8-15(9-6-13)32-12-20(30)28-19-11-14(22(25,26)27)7-10-17(19)24/h1-11H,12H2,(H,28,30)(H,29,31). The first-order valence-electron chi connectivity index (χ1n) is 9.09. The molecule has 0 fully saturated rings. The molecular formula is C22H15Cl2F3N2O3. The fourth-order valence-corrected chi connectivity index (χ4v) is 2.94. The highest BCUT2D eigenvalue weighted by Gasteiger charge is 2.31. The van der Waals surface area contributed by atoms with Gasteiger partial charge in [-0.25, -0.2) is 0 Å². The van der Waals surface area contributed by atoms with Crippen molar-refractivity contribution in [2.75, 3.05) is 17.2 Å². The summed E-state index contributed by atoms with van der Waals surface area (Å²) in [6, 6.07) is 15.3. The summed E-state index contributed by atoms with van der Waals surface area (Å²) in [6.45, 7) is -0.474. The van der Waals surface area contributed by atoms with Gasteiger partial charge in [0.05, 0.1) is 27.0 Å². The monoisotopic (exact) mass is 482 g/mol. The fourth-order valence-electron chi connectivity index (χ4n) is 2.59. The summed E-state index contributed by atoms with van der Waals surface area (Å²) in [5.41, 5.74) is -0.327.